The lowest BCUT2D eigenvalue weighted by atomic mass is 10.1. The molecular formula is C13H14N2O3. The van der Waals surface area contributed by atoms with Crippen LogP contribution in [0.15, 0.2) is 36.4 Å². The fraction of sp³-hybridized carbons (Fsp3) is 0.154. The predicted molar refractivity (Wildman–Crippen MR) is 68.0 cm³/mol. The molecule has 0 aliphatic carbocycles. The van der Waals surface area contributed by atoms with Crippen molar-refractivity contribution in [1.82, 2.24) is 0 Å². The maximum Gasteiger partial charge on any atom is 0.250 e. The lowest BCUT2D eigenvalue weighted by Gasteiger charge is -2.15. The van der Waals surface area contributed by atoms with Gasteiger partial charge in [0.1, 0.15) is 6.29 Å². The summed E-state index contributed by atoms with van der Waals surface area (Å²) in [4.78, 5) is 33.8. The molecule has 0 atom stereocenters. The number of hydrogen-bond donors (Lipinski definition) is 1. The number of primary amides is 1. The van der Waals surface area contributed by atoms with Gasteiger partial charge < -0.3 is 10.6 Å². The summed E-state index contributed by atoms with van der Waals surface area (Å²) in [7, 11) is 1.60. The smallest absolute Gasteiger partial charge is 0.250 e. The monoisotopic (exact) mass is 246 g/mol. The molecule has 2 N–H and O–H groups in total. The molecule has 1 aromatic rings. The van der Waals surface area contributed by atoms with Crippen molar-refractivity contribution in [2.45, 2.75) is 6.42 Å². The first-order valence-electron chi connectivity index (χ1n) is 5.31. The van der Waals surface area contributed by atoms with Crippen molar-refractivity contribution in [2.75, 3.05) is 11.9 Å². The summed E-state index contributed by atoms with van der Waals surface area (Å²) in [6, 6.07) is 6.89. The van der Waals surface area contributed by atoms with Crippen molar-refractivity contribution in [2.24, 2.45) is 5.73 Å². The quantitative estimate of drug-likeness (QED) is 0.604. The second-order valence-corrected chi connectivity index (χ2v) is 3.70. The van der Waals surface area contributed by atoms with Gasteiger partial charge in [-0.25, -0.2) is 0 Å². The van der Waals surface area contributed by atoms with Gasteiger partial charge in [0.15, 0.2) is 0 Å². The van der Waals surface area contributed by atoms with E-state index >= 15 is 0 Å². The zero-order valence-electron chi connectivity index (χ0n) is 10.00. The highest BCUT2D eigenvalue weighted by Crippen LogP contribution is 2.14. The molecule has 0 saturated heterocycles. The van der Waals surface area contributed by atoms with E-state index in [1.54, 1.807) is 31.3 Å². The van der Waals surface area contributed by atoms with Crippen LogP contribution >= 0.6 is 0 Å². The Morgan fingerprint density at radius 1 is 1.28 bits per heavy atom. The number of carbonyl (C=O) groups excluding carboxylic acids is 3. The van der Waals surface area contributed by atoms with Gasteiger partial charge in [0.05, 0.1) is 6.42 Å². The molecule has 0 spiro atoms. The molecule has 0 fully saturated rings. The molecule has 1 aromatic carbocycles. The Hall–Kier alpha value is -2.43. The summed E-state index contributed by atoms with van der Waals surface area (Å²) >= 11 is 0. The van der Waals surface area contributed by atoms with Crippen molar-refractivity contribution in [1.29, 1.82) is 0 Å². The fourth-order valence-electron chi connectivity index (χ4n) is 1.40. The first-order valence-corrected chi connectivity index (χ1v) is 5.31. The molecule has 1 rings (SSSR count). The van der Waals surface area contributed by atoms with Crippen LogP contribution in [0.5, 0.6) is 0 Å². The van der Waals surface area contributed by atoms with Crippen molar-refractivity contribution in [3.05, 3.63) is 42.0 Å². The molecule has 0 unspecified atom stereocenters. The second-order valence-electron chi connectivity index (χ2n) is 3.70. The van der Waals surface area contributed by atoms with Gasteiger partial charge in [0.25, 0.3) is 5.91 Å². The van der Waals surface area contributed by atoms with Crippen LogP contribution < -0.4 is 10.6 Å². The number of allylic oxidation sites excluding steroid dienone is 1. The van der Waals surface area contributed by atoms with E-state index < -0.39 is 5.91 Å². The second kappa shape index (κ2) is 6.34. The highest BCUT2D eigenvalue weighted by molar-refractivity contribution is 6.02. The average molecular weight is 246 g/mol. The summed E-state index contributed by atoms with van der Waals surface area (Å²) in [5.41, 5.74) is 6.54. The van der Waals surface area contributed by atoms with E-state index in [-0.39, 0.29) is 12.3 Å². The van der Waals surface area contributed by atoms with E-state index in [0.717, 1.165) is 11.6 Å². The molecule has 0 saturated carbocycles. The number of aldehydes is 1. The largest absolute Gasteiger partial charge is 0.369 e. The standard InChI is InChI=1S/C13H14N2O3/c1-15(13(18)3-2-8-16)11-6-4-10(5-7-11)9-12(14)17/h2-8H,9H2,1H3,(H2,14,17)/b3-2-. The van der Waals surface area contributed by atoms with Crippen LogP contribution in [0.3, 0.4) is 0 Å². The lowest BCUT2D eigenvalue weighted by molar-refractivity contribution is -0.117. The van der Waals surface area contributed by atoms with Crippen LogP contribution in [0.4, 0.5) is 5.69 Å². The Morgan fingerprint density at radius 2 is 1.89 bits per heavy atom. The van der Waals surface area contributed by atoms with Crippen LogP contribution in [0.25, 0.3) is 0 Å². The van der Waals surface area contributed by atoms with Gasteiger partial charge in [-0.2, -0.15) is 0 Å². The van der Waals surface area contributed by atoms with Crippen LogP contribution in [0.2, 0.25) is 0 Å². The van der Waals surface area contributed by atoms with Crippen LogP contribution in [-0.2, 0) is 20.8 Å². The molecule has 0 aliphatic heterocycles. The van der Waals surface area contributed by atoms with E-state index in [1.807, 2.05) is 0 Å². The third kappa shape index (κ3) is 3.86. The van der Waals surface area contributed by atoms with Crippen LogP contribution in [-0.4, -0.2) is 25.1 Å². The molecular weight excluding hydrogens is 232 g/mol. The number of likely N-dealkylation sites (N-methyl/N-ethyl adjacent to an activating group) is 1. The molecule has 5 nitrogen and oxygen atoms in total. The minimum absolute atomic E-state index is 0.170. The number of hydrogen-bond acceptors (Lipinski definition) is 3. The van der Waals surface area contributed by atoms with Crippen LogP contribution in [0, 0.1) is 0 Å². The zero-order chi connectivity index (χ0) is 13.5. The van der Waals surface area contributed by atoms with E-state index in [0.29, 0.717) is 12.0 Å². The summed E-state index contributed by atoms with van der Waals surface area (Å²) < 4.78 is 0. The maximum atomic E-state index is 11.6. The van der Waals surface area contributed by atoms with Gasteiger partial charge in [-0.15, -0.1) is 0 Å². The number of anilines is 1. The Bertz CT molecular complexity index is 478. The number of carbonyl (C=O) groups is 3. The third-order valence-corrected chi connectivity index (χ3v) is 2.35. The molecule has 0 radical (unpaired) electrons. The number of benzene rings is 1. The first kappa shape index (κ1) is 13.6. The van der Waals surface area contributed by atoms with Crippen molar-refractivity contribution < 1.29 is 14.4 Å². The van der Waals surface area contributed by atoms with Gasteiger partial charge >= 0.3 is 0 Å². The van der Waals surface area contributed by atoms with E-state index in [9.17, 15) is 14.4 Å². The van der Waals surface area contributed by atoms with Gasteiger partial charge in [0, 0.05) is 18.8 Å². The zero-order valence-corrected chi connectivity index (χ0v) is 10.00. The average Bonchev–Trinajstić information content (AvgIpc) is 2.35. The summed E-state index contributed by atoms with van der Waals surface area (Å²) in [6.45, 7) is 0. The van der Waals surface area contributed by atoms with Crippen molar-refractivity contribution in [3.8, 4) is 0 Å². The molecule has 18 heavy (non-hydrogen) atoms. The topological polar surface area (TPSA) is 80.5 Å². The molecule has 0 bridgehead atoms. The maximum absolute atomic E-state index is 11.6. The normalized spacial score (nSPS) is 10.3. The Labute approximate surface area is 105 Å². The van der Waals surface area contributed by atoms with Crippen molar-refractivity contribution >= 4 is 23.8 Å². The number of amides is 2. The Kier molecular flexibility index (Phi) is 4.80. The number of rotatable bonds is 5. The molecule has 2 amide bonds. The van der Waals surface area contributed by atoms with Gasteiger partial charge in [-0.3, -0.25) is 14.4 Å². The Balaban J connectivity index is 2.78. The van der Waals surface area contributed by atoms with E-state index in [4.69, 9.17) is 5.73 Å². The van der Waals surface area contributed by atoms with E-state index in [2.05, 4.69) is 0 Å². The summed E-state index contributed by atoms with van der Waals surface area (Å²) in [6.07, 6.45) is 3.04. The predicted octanol–water partition coefficient (Wildman–Crippen LogP) is 0.432. The van der Waals surface area contributed by atoms with Gasteiger partial charge in [-0.1, -0.05) is 12.1 Å². The molecule has 0 aliphatic rings. The molecule has 0 heterocycles. The summed E-state index contributed by atoms with van der Waals surface area (Å²) in [5, 5.41) is 0. The third-order valence-electron chi connectivity index (χ3n) is 2.35. The van der Waals surface area contributed by atoms with Gasteiger partial charge in [-0.05, 0) is 23.8 Å². The van der Waals surface area contributed by atoms with Gasteiger partial charge in [0.2, 0.25) is 5.91 Å². The highest BCUT2D eigenvalue weighted by Gasteiger charge is 2.07. The summed E-state index contributed by atoms with van der Waals surface area (Å²) in [5.74, 6) is -0.703. The number of nitrogens with two attached hydrogens (primary N) is 1. The first-order chi connectivity index (χ1) is 8.54. The van der Waals surface area contributed by atoms with Crippen molar-refractivity contribution in [3.63, 3.8) is 0 Å². The minimum atomic E-state index is -0.402. The lowest BCUT2D eigenvalue weighted by Crippen LogP contribution is -2.24. The number of nitrogens with zero attached hydrogens (tertiary/aromatic N) is 1. The van der Waals surface area contributed by atoms with Crippen LogP contribution in [0.1, 0.15) is 5.56 Å². The Morgan fingerprint density at radius 3 is 2.39 bits per heavy atom. The fourth-order valence-corrected chi connectivity index (χ4v) is 1.40. The van der Waals surface area contributed by atoms with E-state index in [1.165, 1.54) is 11.0 Å². The SMILES string of the molecule is CN(C(=O)/C=C\C=O)c1ccc(CC(N)=O)cc1. The molecule has 5 heteroatoms. The highest BCUT2D eigenvalue weighted by atomic mass is 16.2. The minimum Gasteiger partial charge on any atom is -0.369 e. The molecule has 94 valence electrons. The molecule has 0 aromatic heterocycles.